The largest absolute Gasteiger partial charge is 0.495 e. The molecule has 33 heavy (non-hydrogen) atoms. The Morgan fingerprint density at radius 1 is 1.12 bits per heavy atom. The highest BCUT2D eigenvalue weighted by Crippen LogP contribution is 2.32. The molecule has 2 aromatic carbocycles. The third-order valence-electron chi connectivity index (χ3n) is 5.00. The molecule has 0 N–H and O–H groups in total. The predicted molar refractivity (Wildman–Crippen MR) is 123 cm³/mol. The molecule has 2 heterocycles. The zero-order valence-electron chi connectivity index (χ0n) is 17.6. The molecule has 2 aromatic heterocycles. The second-order valence-electron chi connectivity index (χ2n) is 7.19. The Bertz CT molecular complexity index is 1410. The number of hydrogen-bond donors (Lipinski definition) is 0. The van der Waals surface area contributed by atoms with Crippen LogP contribution in [-0.4, -0.2) is 36.0 Å². The Kier molecular flexibility index (Phi) is 6.49. The van der Waals surface area contributed by atoms with Crippen LogP contribution in [0.2, 0.25) is 5.02 Å². The average molecular weight is 483 g/mol. The van der Waals surface area contributed by atoms with E-state index in [2.05, 4.69) is 16.3 Å². The number of methoxy groups -OCH3 is 1. The molecule has 0 unspecified atom stereocenters. The van der Waals surface area contributed by atoms with Crippen LogP contribution in [0.5, 0.6) is 5.75 Å². The van der Waals surface area contributed by atoms with E-state index in [1.54, 1.807) is 54.6 Å². The molecule has 4 aromatic rings. The third kappa shape index (κ3) is 4.92. The van der Waals surface area contributed by atoms with Gasteiger partial charge in [0.2, 0.25) is 5.82 Å². The first-order valence-electron chi connectivity index (χ1n) is 9.92. The average Bonchev–Trinajstić information content (AvgIpc) is 3.48. The predicted octanol–water partition coefficient (Wildman–Crippen LogP) is 4.22. The maximum Gasteiger partial charge on any atom is 0.204 e. The number of nitriles is 1. The molecule has 0 fully saturated rings. The van der Waals surface area contributed by atoms with E-state index in [9.17, 15) is 13.7 Å². The number of furan rings is 1. The van der Waals surface area contributed by atoms with Gasteiger partial charge in [0.05, 0.1) is 24.7 Å². The fourth-order valence-electron chi connectivity index (χ4n) is 3.41. The van der Waals surface area contributed by atoms with Crippen LogP contribution >= 0.6 is 11.6 Å². The van der Waals surface area contributed by atoms with E-state index < -0.39 is 9.84 Å². The second-order valence-corrected chi connectivity index (χ2v) is 9.81. The number of rotatable bonds is 8. The number of aromatic nitrogens is 3. The summed E-state index contributed by atoms with van der Waals surface area (Å²) in [5.41, 5.74) is 1.49. The summed E-state index contributed by atoms with van der Waals surface area (Å²) in [6, 6.07) is 17.5. The molecule has 168 valence electrons. The molecule has 0 saturated carbocycles. The Morgan fingerprint density at radius 2 is 1.91 bits per heavy atom. The molecule has 0 atom stereocenters. The van der Waals surface area contributed by atoms with E-state index >= 15 is 0 Å². The zero-order chi connectivity index (χ0) is 23.4. The van der Waals surface area contributed by atoms with E-state index in [0.717, 1.165) is 5.56 Å². The fraction of sp³-hybridized carbons (Fsp3) is 0.174. The number of sulfone groups is 1. The summed E-state index contributed by atoms with van der Waals surface area (Å²) >= 11 is 5.90. The van der Waals surface area contributed by atoms with Crippen LogP contribution in [0.4, 0.5) is 0 Å². The van der Waals surface area contributed by atoms with Crippen LogP contribution in [-0.2, 0) is 22.0 Å². The van der Waals surface area contributed by atoms with Gasteiger partial charge in [0.1, 0.15) is 23.3 Å². The summed E-state index contributed by atoms with van der Waals surface area (Å²) < 4.78 is 38.5. The first kappa shape index (κ1) is 22.6. The van der Waals surface area contributed by atoms with E-state index in [0.29, 0.717) is 28.6 Å². The van der Waals surface area contributed by atoms with Gasteiger partial charge in [-0.2, -0.15) is 5.26 Å². The van der Waals surface area contributed by atoms with Gasteiger partial charge in [-0.3, -0.25) is 4.57 Å². The van der Waals surface area contributed by atoms with Crippen molar-refractivity contribution in [3.8, 4) is 29.1 Å². The van der Waals surface area contributed by atoms with Crippen molar-refractivity contribution in [1.29, 1.82) is 5.26 Å². The smallest absolute Gasteiger partial charge is 0.204 e. The van der Waals surface area contributed by atoms with Crippen molar-refractivity contribution in [2.75, 3.05) is 12.9 Å². The number of ether oxygens (including phenoxy) is 1. The maximum atomic E-state index is 13.0. The fourth-order valence-corrected chi connectivity index (χ4v) is 4.81. The zero-order valence-corrected chi connectivity index (χ0v) is 19.2. The number of hydrogen-bond acceptors (Lipinski definition) is 7. The van der Waals surface area contributed by atoms with Gasteiger partial charge in [0.15, 0.2) is 21.4 Å². The Hall–Kier alpha value is -3.61. The second kappa shape index (κ2) is 9.48. The maximum absolute atomic E-state index is 13.0. The summed E-state index contributed by atoms with van der Waals surface area (Å²) in [7, 11) is -2.11. The minimum absolute atomic E-state index is 0.0887. The van der Waals surface area contributed by atoms with Crippen molar-refractivity contribution in [3.05, 3.63) is 82.8 Å². The molecular weight excluding hydrogens is 464 g/mol. The van der Waals surface area contributed by atoms with E-state index in [1.165, 1.54) is 17.9 Å². The van der Waals surface area contributed by atoms with Crippen LogP contribution in [0.15, 0.2) is 65.3 Å². The summed E-state index contributed by atoms with van der Waals surface area (Å²) in [4.78, 5) is 0. The van der Waals surface area contributed by atoms with Gasteiger partial charge in [-0.15, -0.1) is 10.2 Å². The number of halogens is 1. The standard InChI is InChI=1S/C23H19ClN4O4S/c1-31-19-5-2-4-17(14-25)22(19)28-21(26-27-23(28)20-6-3-12-32-20)15-33(29,30)13-11-16-7-9-18(24)10-8-16/h2-10,12H,11,13,15H2,1H3. The minimum Gasteiger partial charge on any atom is -0.495 e. The normalized spacial score (nSPS) is 11.3. The third-order valence-corrected chi connectivity index (χ3v) is 6.77. The molecule has 0 aliphatic rings. The summed E-state index contributed by atoms with van der Waals surface area (Å²) in [5.74, 6) is 0.706. The van der Waals surface area contributed by atoms with Crippen LogP contribution in [0.1, 0.15) is 17.0 Å². The monoisotopic (exact) mass is 482 g/mol. The summed E-state index contributed by atoms with van der Waals surface area (Å²) in [6.45, 7) is 0. The Balaban J connectivity index is 1.74. The highest BCUT2D eigenvalue weighted by atomic mass is 35.5. The van der Waals surface area contributed by atoms with E-state index in [-0.39, 0.29) is 28.7 Å². The first-order valence-corrected chi connectivity index (χ1v) is 12.1. The topological polar surface area (TPSA) is 111 Å². The van der Waals surface area contributed by atoms with Gasteiger partial charge in [0, 0.05) is 5.02 Å². The summed E-state index contributed by atoms with van der Waals surface area (Å²) in [6.07, 6.45) is 1.81. The molecule has 0 bridgehead atoms. The molecule has 8 nitrogen and oxygen atoms in total. The first-order chi connectivity index (χ1) is 15.9. The van der Waals surface area contributed by atoms with Crippen molar-refractivity contribution < 1.29 is 17.6 Å². The van der Waals surface area contributed by atoms with Gasteiger partial charge in [0.25, 0.3) is 0 Å². The number of nitrogens with zero attached hydrogens (tertiary/aromatic N) is 4. The molecule has 0 saturated heterocycles. The van der Waals surface area contributed by atoms with Gasteiger partial charge in [-0.1, -0.05) is 29.8 Å². The van der Waals surface area contributed by atoms with Gasteiger partial charge < -0.3 is 9.15 Å². The van der Waals surface area contributed by atoms with Crippen LogP contribution < -0.4 is 4.74 Å². The SMILES string of the molecule is COc1cccc(C#N)c1-n1c(CS(=O)(=O)CCc2ccc(Cl)cc2)nnc1-c1ccco1. The molecule has 0 aliphatic carbocycles. The lowest BCUT2D eigenvalue weighted by Gasteiger charge is -2.15. The number of aryl methyl sites for hydroxylation is 1. The molecule has 0 radical (unpaired) electrons. The Morgan fingerprint density at radius 3 is 2.58 bits per heavy atom. The van der Waals surface area contributed by atoms with Crippen LogP contribution in [0.3, 0.4) is 0 Å². The van der Waals surface area contributed by atoms with Crippen molar-refractivity contribution in [2.45, 2.75) is 12.2 Å². The van der Waals surface area contributed by atoms with Crippen LogP contribution in [0, 0.1) is 11.3 Å². The molecule has 0 aliphatic heterocycles. The Labute approximate surface area is 195 Å². The lowest BCUT2D eigenvalue weighted by atomic mass is 10.1. The molecule has 0 amide bonds. The van der Waals surface area contributed by atoms with Crippen molar-refractivity contribution in [3.63, 3.8) is 0 Å². The summed E-state index contributed by atoms with van der Waals surface area (Å²) in [5, 5.41) is 18.6. The molecule has 10 heteroatoms. The molecule has 0 spiro atoms. The van der Waals surface area contributed by atoms with Crippen molar-refractivity contribution in [2.24, 2.45) is 0 Å². The van der Waals surface area contributed by atoms with Gasteiger partial charge in [-0.25, -0.2) is 8.42 Å². The quantitative estimate of drug-likeness (QED) is 0.369. The lowest BCUT2D eigenvalue weighted by molar-refractivity contribution is 0.412. The highest BCUT2D eigenvalue weighted by Gasteiger charge is 2.26. The van der Waals surface area contributed by atoms with Gasteiger partial charge >= 0.3 is 0 Å². The highest BCUT2D eigenvalue weighted by molar-refractivity contribution is 7.90. The molecule has 4 rings (SSSR count). The van der Waals surface area contributed by atoms with Crippen molar-refractivity contribution in [1.82, 2.24) is 14.8 Å². The van der Waals surface area contributed by atoms with Crippen molar-refractivity contribution >= 4 is 21.4 Å². The minimum atomic E-state index is -3.58. The van der Waals surface area contributed by atoms with E-state index in [1.807, 2.05) is 0 Å². The molecular formula is C23H19ClN4O4S. The number of benzene rings is 2. The lowest BCUT2D eigenvalue weighted by Crippen LogP contribution is -2.16. The number of para-hydroxylation sites is 1. The van der Waals surface area contributed by atoms with E-state index in [4.69, 9.17) is 20.8 Å². The van der Waals surface area contributed by atoms with Crippen LogP contribution in [0.25, 0.3) is 17.3 Å². The van der Waals surface area contributed by atoms with Gasteiger partial charge in [-0.05, 0) is 48.4 Å².